The highest BCUT2D eigenvalue weighted by molar-refractivity contribution is 7.99. The molecule has 2 aliphatic heterocycles. The summed E-state index contributed by atoms with van der Waals surface area (Å²) in [5.41, 5.74) is 0. The molecule has 0 aromatic heterocycles. The molecule has 0 amide bonds. The Morgan fingerprint density at radius 2 is 2.33 bits per heavy atom. The van der Waals surface area contributed by atoms with Crippen LogP contribution in [0.15, 0.2) is 0 Å². The Kier molecular flexibility index (Phi) is 2.63. The van der Waals surface area contributed by atoms with Crippen LogP contribution >= 0.6 is 11.8 Å². The number of hydrogen-bond acceptors (Lipinski definition) is 3. The van der Waals surface area contributed by atoms with E-state index in [1.807, 2.05) is 11.8 Å². The van der Waals surface area contributed by atoms with Crippen molar-refractivity contribution in [2.75, 3.05) is 11.5 Å². The van der Waals surface area contributed by atoms with Crippen molar-refractivity contribution in [3.05, 3.63) is 0 Å². The molecule has 0 aromatic rings. The Morgan fingerprint density at radius 1 is 1.50 bits per heavy atom. The lowest BCUT2D eigenvalue weighted by Crippen LogP contribution is -2.46. The summed E-state index contributed by atoms with van der Waals surface area (Å²) < 4.78 is 5.79. The molecule has 0 aromatic carbocycles. The van der Waals surface area contributed by atoms with Gasteiger partial charge in [0.15, 0.2) is 0 Å². The third-order valence-electron chi connectivity index (χ3n) is 2.81. The number of rotatable bonds is 0. The van der Waals surface area contributed by atoms with E-state index in [0.717, 1.165) is 18.6 Å². The van der Waals surface area contributed by atoms with Crippen LogP contribution in [-0.4, -0.2) is 34.9 Å². The molecule has 2 fully saturated rings. The van der Waals surface area contributed by atoms with E-state index in [9.17, 15) is 5.11 Å². The molecule has 0 spiro atoms. The van der Waals surface area contributed by atoms with Crippen molar-refractivity contribution in [2.24, 2.45) is 5.92 Å². The van der Waals surface area contributed by atoms with Crippen molar-refractivity contribution >= 4 is 11.8 Å². The van der Waals surface area contributed by atoms with Crippen LogP contribution in [-0.2, 0) is 4.74 Å². The highest BCUT2D eigenvalue weighted by Gasteiger charge is 2.37. The molecule has 2 aliphatic rings. The first-order valence-electron chi connectivity index (χ1n) is 4.68. The first-order chi connectivity index (χ1) is 5.77. The van der Waals surface area contributed by atoms with E-state index in [-0.39, 0.29) is 12.2 Å². The van der Waals surface area contributed by atoms with Gasteiger partial charge >= 0.3 is 0 Å². The van der Waals surface area contributed by atoms with E-state index in [1.165, 1.54) is 5.75 Å². The van der Waals surface area contributed by atoms with E-state index >= 15 is 0 Å². The summed E-state index contributed by atoms with van der Waals surface area (Å²) in [6, 6.07) is 0. The molecule has 3 heteroatoms. The summed E-state index contributed by atoms with van der Waals surface area (Å²) in [6.45, 7) is 2.06. The van der Waals surface area contributed by atoms with E-state index in [0.29, 0.717) is 12.0 Å². The van der Waals surface area contributed by atoms with Crippen molar-refractivity contribution in [1.82, 2.24) is 0 Å². The van der Waals surface area contributed by atoms with Crippen molar-refractivity contribution in [1.29, 1.82) is 0 Å². The summed E-state index contributed by atoms with van der Waals surface area (Å²) in [5.74, 6) is 2.68. The maximum atomic E-state index is 9.78. The highest BCUT2D eigenvalue weighted by atomic mass is 32.2. The summed E-state index contributed by atoms with van der Waals surface area (Å²) in [5, 5.41) is 9.78. The number of thioether (sulfide) groups is 1. The lowest BCUT2D eigenvalue weighted by molar-refractivity contribution is -0.124. The number of hydrogen-bond donors (Lipinski definition) is 1. The fourth-order valence-electron chi connectivity index (χ4n) is 2.14. The van der Waals surface area contributed by atoms with Crippen LogP contribution in [0.1, 0.15) is 19.8 Å². The van der Waals surface area contributed by atoms with Crippen LogP contribution in [0, 0.1) is 5.92 Å². The molecule has 0 radical (unpaired) electrons. The predicted molar refractivity (Wildman–Crippen MR) is 50.4 cm³/mol. The summed E-state index contributed by atoms with van der Waals surface area (Å²) in [6.07, 6.45) is 2.42. The predicted octanol–water partition coefficient (Wildman–Crippen LogP) is 1.28. The molecular formula is C9H16O2S. The van der Waals surface area contributed by atoms with Gasteiger partial charge < -0.3 is 9.84 Å². The van der Waals surface area contributed by atoms with Gasteiger partial charge in [0.1, 0.15) is 0 Å². The van der Waals surface area contributed by atoms with E-state index < -0.39 is 0 Å². The summed E-state index contributed by atoms with van der Waals surface area (Å²) in [4.78, 5) is 0. The number of ether oxygens (including phenoxy) is 1. The van der Waals surface area contributed by atoms with Crippen LogP contribution in [0.3, 0.4) is 0 Å². The van der Waals surface area contributed by atoms with Gasteiger partial charge in [-0.05, 0) is 25.5 Å². The van der Waals surface area contributed by atoms with Crippen LogP contribution in [0.25, 0.3) is 0 Å². The summed E-state index contributed by atoms with van der Waals surface area (Å²) in [7, 11) is 0. The second kappa shape index (κ2) is 3.56. The van der Waals surface area contributed by atoms with Gasteiger partial charge in [0.2, 0.25) is 0 Å². The van der Waals surface area contributed by atoms with Crippen LogP contribution in [0.2, 0.25) is 0 Å². The quantitative estimate of drug-likeness (QED) is 0.621. The minimum Gasteiger partial charge on any atom is -0.393 e. The van der Waals surface area contributed by atoms with Crippen LogP contribution < -0.4 is 0 Å². The van der Waals surface area contributed by atoms with Crippen molar-refractivity contribution < 1.29 is 9.84 Å². The zero-order valence-electron chi connectivity index (χ0n) is 7.40. The van der Waals surface area contributed by atoms with E-state index in [4.69, 9.17) is 4.74 Å². The van der Waals surface area contributed by atoms with E-state index in [2.05, 4.69) is 6.92 Å². The third kappa shape index (κ3) is 1.63. The second-order valence-corrected chi connectivity index (χ2v) is 4.97. The molecule has 0 saturated carbocycles. The minimum atomic E-state index is -0.119. The Bertz CT molecular complexity index is 163. The lowest BCUT2D eigenvalue weighted by atomic mass is 9.89. The molecule has 2 heterocycles. The highest BCUT2D eigenvalue weighted by Crippen LogP contribution is 2.34. The molecular weight excluding hydrogens is 172 g/mol. The minimum absolute atomic E-state index is 0.119. The number of aliphatic hydroxyl groups is 1. The van der Waals surface area contributed by atoms with Gasteiger partial charge in [0.25, 0.3) is 0 Å². The van der Waals surface area contributed by atoms with Gasteiger partial charge in [-0.25, -0.2) is 0 Å². The zero-order valence-corrected chi connectivity index (χ0v) is 8.22. The lowest BCUT2D eigenvalue weighted by Gasteiger charge is -2.41. The van der Waals surface area contributed by atoms with Crippen molar-refractivity contribution in [3.63, 3.8) is 0 Å². The van der Waals surface area contributed by atoms with Crippen LogP contribution in [0.4, 0.5) is 0 Å². The van der Waals surface area contributed by atoms with Gasteiger partial charge in [-0.2, -0.15) is 11.8 Å². The molecule has 12 heavy (non-hydrogen) atoms. The molecule has 2 nitrogen and oxygen atoms in total. The largest absolute Gasteiger partial charge is 0.393 e. The average molecular weight is 188 g/mol. The fraction of sp³-hybridized carbons (Fsp3) is 1.00. The molecule has 70 valence electrons. The molecule has 0 aliphatic carbocycles. The maximum Gasteiger partial charge on any atom is 0.0647 e. The molecule has 0 bridgehead atoms. The van der Waals surface area contributed by atoms with Gasteiger partial charge in [-0.1, -0.05) is 0 Å². The van der Waals surface area contributed by atoms with Gasteiger partial charge in [-0.3, -0.25) is 0 Å². The monoisotopic (exact) mass is 188 g/mol. The number of aliphatic hydroxyl groups excluding tert-OH is 1. The van der Waals surface area contributed by atoms with Gasteiger partial charge in [0, 0.05) is 11.7 Å². The first kappa shape index (κ1) is 8.85. The van der Waals surface area contributed by atoms with E-state index in [1.54, 1.807) is 0 Å². The Labute approximate surface area is 77.7 Å². The summed E-state index contributed by atoms with van der Waals surface area (Å²) >= 11 is 1.95. The third-order valence-corrected chi connectivity index (χ3v) is 3.95. The molecule has 4 atom stereocenters. The Hall–Kier alpha value is 0.270. The maximum absolute atomic E-state index is 9.78. The smallest absolute Gasteiger partial charge is 0.0647 e. The van der Waals surface area contributed by atoms with Crippen LogP contribution in [0.5, 0.6) is 0 Å². The Balaban J connectivity index is 2.01. The van der Waals surface area contributed by atoms with Gasteiger partial charge in [0.05, 0.1) is 18.3 Å². The van der Waals surface area contributed by atoms with Crippen molar-refractivity contribution in [2.45, 2.75) is 38.1 Å². The molecule has 4 unspecified atom stereocenters. The Morgan fingerprint density at radius 3 is 3.17 bits per heavy atom. The SMILES string of the molecule is CC1CC(O)C2CSCCC2O1. The number of fused-ring (bicyclic) bond motifs is 1. The second-order valence-electron chi connectivity index (χ2n) is 3.82. The average Bonchev–Trinajstić information content (AvgIpc) is 2.04. The normalized spacial score (nSPS) is 48.5. The zero-order chi connectivity index (χ0) is 8.55. The molecule has 2 rings (SSSR count). The molecule has 2 saturated heterocycles. The van der Waals surface area contributed by atoms with Gasteiger partial charge in [-0.15, -0.1) is 0 Å². The first-order valence-corrected chi connectivity index (χ1v) is 5.84. The van der Waals surface area contributed by atoms with Crippen molar-refractivity contribution in [3.8, 4) is 0 Å². The topological polar surface area (TPSA) is 29.5 Å². The fourth-order valence-corrected chi connectivity index (χ4v) is 3.41. The molecule has 1 N–H and O–H groups in total. The standard InChI is InChI=1S/C9H16O2S/c1-6-4-8(10)7-5-12-3-2-9(7)11-6/h6-10H,2-5H2,1H3.